The van der Waals surface area contributed by atoms with Crippen molar-refractivity contribution in [1.82, 2.24) is 16.0 Å². The van der Waals surface area contributed by atoms with E-state index in [4.69, 9.17) is 0 Å². The van der Waals surface area contributed by atoms with Crippen LogP contribution in [0.25, 0.3) is 0 Å². The molecule has 160 valence electrons. The summed E-state index contributed by atoms with van der Waals surface area (Å²) < 4.78 is 35.3. The number of carbonyl (C=O) groups is 1. The summed E-state index contributed by atoms with van der Waals surface area (Å²) in [7, 11) is -2.99. The van der Waals surface area contributed by atoms with Crippen LogP contribution in [0, 0.1) is 5.82 Å². The van der Waals surface area contributed by atoms with E-state index in [0.717, 1.165) is 5.56 Å². The highest BCUT2D eigenvalue weighted by atomic mass is 127. The van der Waals surface area contributed by atoms with Gasteiger partial charge in [-0.05, 0) is 38.0 Å². The molecule has 0 aliphatic rings. The van der Waals surface area contributed by atoms with Crippen LogP contribution in [-0.4, -0.2) is 58.0 Å². The van der Waals surface area contributed by atoms with E-state index in [2.05, 4.69) is 20.9 Å². The Balaban J connectivity index is 0.00000729. The summed E-state index contributed by atoms with van der Waals surface area (Å²) in [6.45, 7) is 5.24. The Kier molecular flexibility index (Phi) is 13.0. The third kappa shape index (κ3) is 12.9. The predicted octanol–water partition coefficient (Wildman–Crippen LogP) is 1.48. The van der Waals surface area contributed by atoms with Crippen molar-refractivity contribution in [3.8, 4) is 0 Å². The lowest BCUT2D eigenvalue weighted by Crippen LogP contribution is -2.43. The monoisotopic (exact) mass is 528 g/mol. The molecule has 0 radical (unpaired) electrons. The lowest BCUT2D eigenvalue weighted by atomic mass is 10.1. The first-order valence-electron chi connectivity index (χ1n) is 8.93. The highest BCUT2D eigenvalue weighted by molar-refractivity contribution is 14.0. The molecule has 1 unspecified atom stereocenters. The van der Waals surface area contributed by atoms with Crippen LogP contribution in [0.4, 0.5) is 4.39 Å². The maximum Gasteiger partial charge on any atom is 0.224 e. The number of hydrogen-bond acceptors (Lipinski definition) is 4. The molecule has 1 amide bonds. The van der Waals surface area contributed by atoms with Crippen LogP contribution < -0.4 is 16.0 Å². The number of aliphatic imine (C=N–C) groups is 1. The summed E-state index contributed by atoms with van der Waals surface area (Å²) >= 11 is 0. The summed E-state index contributed by atoms with van der Waals surface area (Å²) in [6.07, 6.45) is 1.89. The fraction of sp³-hybridized carbons (Fsp3) is 0.556. The maximum atomic E-state index is 12.9. The minimum absolute atomic E-state index is 0. The van der Waals surface area contributed by atoms with E-state index >= 15 is 0 Å². The molecule has 0 fully saturated rings. The van der Waals surface area contributed by atoms with Crippen molar-refractivity contribution in [2.75, 3.05) is 31.6 Å². The molecule has 28 heavy (non-hydrogen) atoms. The SMILES string of the molecule is CCNC(=NCCNC(=O)Cc1ccc(F)cc1)NC(C)CCS(C)(=O)=O.I. The van der Waals surface area contributed by atoms with Crippen LogP contribution in [0.5, 0.6) is 0 Å². The van der Waals surface area contributed by atoms with Crippen molar-refractivity contribution in [3.63, 3.8) is 0 Å². The fourth-order valence-electron chi connectivity index (χ4n) is 2.23. The highest BCUT2D eigenvalue weighted by Gasteiger charge is 2.09. The predicted molar refractivity (Wildman–Crippen MR) is 121 cm³/mol. The number of benzene rings is 1. The second-order valence-electron chi connectivity index (χ2n) is 6.38. The molecule has 0 aromatic heterocycles. The van der Waals surface area contributed by atoms with Gasteiger partial charge < -0.3 is 16.0 Å². The Bertz CT molecular complexity index is 727. The molecular weight excluding hydrogens is 498 g/mol. The van der Waals surface area contributed by atoms with Crippen molar-refractivity contribution in [2.24, 2.45) is 4.99 Å². The van der Waals surface area contributed by atoms with Gasteiger partial charge in [0.15, 0.2) is 5.96 Å². The molecule has 0 heterocycles. The lowest BCUT2D eigenvalue weighted by molar-refractivity contribution is -0.120. The molecule has 1 atom stereocenters. The number of nitrogens with one attached hydrogen (secondary N) is 3. The van der Waals surface area contributed by atoms with Crippen LogP contribution in [-0.2, 0) is 21.1 Å². The second kappa shape index (κ2) is 13.7. The number of amides is 1. The molecule has 1 aromatic carbocycles. The Morgan fingerprint density at radius 1 is 1.21 bits per heavy atom. The maximum absolute atomic E-state index is 12.9. The molecule has 1 rings (SSSR count). The Hall–Kier alpha value is -1.43. The van der Waals surface area contributed by atoms with Crippen LogP contribution in [0.2, 0.25) is 0 Å². The molecule has 0 bridgehead atoms. The zero-order valence-corrected chi connectivity index (χ0v) is 19.6. The van der Waals surface area contributed by atoms with Gasteiger partial charge in [-0.15, -0.1) is 24.0 Å². The topological polar surface area (TPSA) is 99.7 Å². The van der Waals surface area contributed by atoms with Crippen molar-refractivity contribution in [1.29, 1.82) is 0 Å². The van der Waals surface area contributed by atoms with Gasteiger partial charge in [0.05, 0.1) is 18.7 Å². The van der Waals surface area contributed by atoms with E-state index in [-0.39, 0.29) is 53.9 Å². The molecule has 0 aliphatic heterocycles. The third-order valence-corrected chi connectivity index (χ3v) is 4.61. The average molecular weight is 528 g/mol. The van der Waals surface area contributed by atoms with E-state index in [1.54, 1.807) is 12.1 Å². The van der Waals surface area contributed by atoms with Gasteiger partial charge in [-0.1, -0.05) is 12.1 Å². The smallest absolute Gasteiger partial charge is 0.224 e. The summed E-state index contributed by atoms with van der Waals surface area (Å²) in [5.41, 5.74) is 0.743. The number of nitrogens with zero attached hydrogens (tertiary/aromatic N) is 1. The second-order valence-corrected chi connectivity index (χ2v) is 8.64. The van der Waals surface area contributed by atoms with Crippen LogP contribution >= 0.6 is 24.0 Å². The first-order chi connectivity index (χ1) is 12.7. The largest absolute Gasteiger partial charge is 0.357 e. The summed E-state index contributed by atoms with van der Waals surface area (Å²) in [5.74, 6) is 0.199. The molecule has 7 nitrogen and oxygen atoms in total. The van der Waals surface area contributed by atoms with Gasteiger partial charge in [-0.2, -0.15) is 0 Å². The van der Waals surface area contributed by atoms with E-state index in [0.29, 0.717) is 32.0 Å². The zero-order valence-electron chi connectivity index (χ0n) is 16.5. The van der Waals surface area contributed by atoms with Crippen molar-refractivity contribution in [2.45, 2.75) is 32.7 Å². The number of halogens is 2. The van der Waals surface area contributed by atoms with Gasteiger partial charge in [0, 0.05) is 25.4 Å². The summed E-state index contributed by atoms with van der Waals surface area (Å²) in [4.78, 5) is 16.3. The van der Waals surface area contributed by atoms with Gasteiger partial charge in [0.1, 0.15) is 15.7 Å². The van der Waals surface area contributed by atoms with E-state index in [1.807, 2.05) is 13.8 Å². The van der Waals surface area contributed by atoms with Crippen LogP contribution in [0.15, 0.2) is 29.3 Å². The molecule has 1 aromatic rings. The molecule has 0 spiro atoms. The normalized spacial score (nSPS) is 12.6. The van der Waals surface area contributed by atoms with Gasteiger partial charge in [0.2, 0.25) is 5.91 Å². The van der Waals surface area contributed by atoms with Crippen molar-refractivity contribution >= 4 is 45.7 Å². The summed E-state index contributed by atoms with van der Waals surface area (Å²) in [6, 6.07) is 5.76. The zero-order chi connectivity index (χ0) is 20.3. The number of guanidine groups is 1. The van der Waals surface area contributed by atoms with Crippen LogP contribution in [0.1, 0.15) is 25.8 Å². The van der Waals surface area contributed by atoms with Gasteiger partial charge in [-0.3, -0.25) is 9.79 Å². The molecule has 0 saturated heterocycles. The third-order valence-electron chi connectivity index (χ3n) is 3.63. The van der Waals surface area contributed by atoms with Gasteiger partial charge in [-0.25, -0.2) is 12.8 Å². The number of carbonyl (C=O) groups excluding carboxylic acids is 1. The molecule has 0 aliphatic carbocycles. The quantitative estimate of drug-likeness (QED) is 0.185. The van der Waals surface area contributed by atoms with E-state index < -0.39 is 9.84 Å². The number of rotatable bonds is 10. The standard InChI is InChI=1S/C18H29FN4O3S.HI/c1-4-20-18(23-14(2)9-12-27(3,25)26)22-11-10-21-17(24)13-15-5-7-16(19)8-6-15;/h5-8,14H,4,9-13H2,1-3H3,(H,21,24)(H2,20,22,23);1H. The molecular formula is C18H30FIN4O3S. The minimum Gasteiger partial charge on any atom is -0.357 e. The molecule has 10 heteroatoms. The number of hydrogen-bond donors (Lipinski definition) is 3. The Morgan fingerprint density at radius 2 is 1.86 bits per heavy atom. The minimum atomic E-state index is -2.99. The molecule has 0 saturated carbocycles. The first-order valence-corrected chi connectivity index (χ1v) is 11.0. The van der Waals surface area contributed by atoms with Gasteiger partial charge in [0.25, 0.3) is 0 Å². The van der Waals surface area contributed by atoms with Crippen molar-refractivity contribution < 1.29 is 17.6 Å². The molecule has 3 N–H and O–H groups in total. The van der Waals surface area contributed by atoms with Crippen LogP contribution in [0.3, 0.4) is 0 Å². The Morgan fingerprint density at radius 3 is 2.43 bits per heavy atom. The van der Waals surface area contributed by atoms with Gasteiger partial charge >= 0.3 is 0 Å². The first kappa shape index (κ1) is 26.6. The lowest BCUT2D eigenvalue weighted by Gasteiger charge is -2.17. The number of sulfone groups is 1. The van der Waals surface area contributed by atoms with E-state index in [1.165, 1.54) is 18.4 Å². The average Bonchev–Trinajstić information content (AvgIpc) is 2.58. The van der Waals surface area contributed by atoms with E-state index in [9.17, 15) is 17.6 Å². The highest BCUT2D eigenvalue weighted by Crippen LogP contribution is 2.03. The fourth-order valence-corrected chi connectivity index (χ4v) is 3.01. The Labute approximate surface area is 183 Å². The van der Waals surface area contributed by atoms with Crippen molar-refractivity contribution in [3.05, 3.63) is 35.6 Å². The summed E-state index contributed by atoms with van der Waals surface area (Å²) in [5, 5.41) is 9.00.